The van der Waals surface area contributed by atoms with Crippen molar-refractivity contribution in [2.24, 2.45) is 5.92 Å². The van der Waals surface area contributed by atoms with Crippen LogP contribution in [0.15, 0.2) is 30.3 Å². The molecule has 1 atom stereocenters. The third-order valence-electron chi connectivity index (χ3n) is 3.68. The molecule has 1 saturated carbocycles. The van der Waals surface area contributed by atoms with Crippen molar-refractivity contribution in [2.75, 3.05) is 13.1 Å². The first-order chi connectivity index (χ1) is 8.36. The maximum atomic E-state index is 9.99. The predicted octanol–water partition coefficient (Wildman–Crippen LogP) is 2.89. The van der Waals surface area contributed by atoms with Gasteiger partial charge in [-0.3, -0.25) is 0 Å². The van der Waals surface area contributed by atoms with Gasteiger partial charge in [0, 0.05) is 6.54 Å². The van der Waals surface area contributed by atoms with E-state index < -0.39 is 0 Å². The molecule has 0 amide bonds. The van der Waals surface area contributed by atoms with Crippen LogP contribution in [0.3, 0.4) is 0 Å². The van der Waals surface area contributed by atoms with Gasteiger partial charge in [-0.1, -0.05) is 49.6 Å². The number of rotatable bonds is 5. The molecule has 1 fully saturated rings. The lowest BCUT2D eigenvalue weighted by atomic mass is 9.89. The van der Waals surface area contributed by atoms with Crippen molar-refractivity contribution in [3.05, 3.63) is 35.9 Å². The molecular formula is C15H23NO. The fourth-order valence-electron chi connectivity index (χ4n) is 2.61. The quantitative estimate of drug-likeness (QED) is 0.819. The largest absolute Gasteiger partial charge is 0.387 e. The van der Waals surface area contributed by atoms with Gasteiger partial charge in [-0.25, -0.2) is 0 Å². The second-order valence-corrected chi connectivity index (χ2v) is 5.09. The van der Waals surface area contributed by atoms with E-state index in [9.17, 15) is 5.11 Å². The van der Waals surface area contributed by atoms with Crippen molar-refractivity contribution in [3.63, 3.8) is 0 Å². The van der Waals surface area contributed by atoms with Crippen LogP contribution >= 0.6 is 0 Å². The van der Waals surface area contributed by atoms with Crippen molar-refractivity contribution in [1.29, 1.82) is 0 Å². The first kappa shape index (κ1) is 12.6. The standard InChI is InChI=1S/C15H23NO/c17-15(14-9-5-2-6-10-14)12-16-11-13-7-3-1-4-8-13/h2,5-6,9-10,13,15-17H,1,3-4,7-8,11-12H2/t15-/m1/s1. The first-order valence-electron chi connectivity index (χ1n) is 6.80. The summed E-state index contributed by atoms with van der Waals surface area (Å²) in [5.74, 6) is 0.826. The Kier molecular flexibility index (Phi) is 5.02. The monoisotopic (exact) mass is 233 g/mol. The van der Waals surface area contributed by atoms with Crippen molar-refractivity contribution >= 4 is 0 Å². The van der Waals surface area contributed by atoms with Gasteiger partial charge in [-0.05, 0) is 30.9 Å². The molecule has 2 nitrogen and oxygen atoms in total. The van der Waals surface area contributed by atoms with Crippen LogP contribution in [-0.2, 0) is 0 Å². The van der Waals surface area contributed by atoms with Crippen LogP contribution in [0.2, 0.25) is 0 Å². The zero-order valence-electron chi connectivity index (χ0n) is 10.4. The summed E-state index contributed by atoms with van der Waals surface area (Å²) in [4.78, 5) is 0. The number of hydrogen-bond acceptors (Lipinski definition) is 2. The van der Waals surface area contributed by atoms with Gasteiger partial charge in [0.25, 0.3) is 0 Å². The van der Waals surface area contributed by atoms with Gasteiger partial charge in [-0.2, -0.15) is 0 Å². The van der Waals surface area contributed by atoms with E-state index >= 15 is 0 Å². The Morgan fingerprint density at radius 3 is 2.53 bits per heavy atom. The van der Waals surface area contributed by atoms with Crippen molar-refractivity contribution < 1.29 is 5.11 Å². The van der Waals surface area contributed by atoms with Crippen LogP contribution in [0.4, 0.5) is 0 Å². The molecule has 94 valence electrons. The zero-order chi connectivity index (χ0) is 11.9. The highest BCUT2D eigenvalue weighted by molar-refractivity contribution is 5.17. The van der Waals surface area contributed by atoms with Gasteiger partial charge >= 0.3 is 0 Å². The third kappa shape index (κ3) is 4.14. The van der Waals surface area contributed by atoms with E-state index in [0.717, 1.165) is 18.0 Å². The van der Waals surface area contributed by atoms with E-state index in [1.54, 1.807) is 0 Å². The van der Waals surface area contributed by atoms with E-state index in [-0.39, 0.29) is 6.10 Å². The number of benzene rings is 1. The van der Waals surface area contributed by atoms with Crippen molar-refractivity contribution in [2.45, 2.75) is 38.2 Å². The summed E-state index contributed by atoms with van der Waals surface area (Å²) in [5, 5.41) is 13.4. The molecule has 1 aromatic rings. The van der Waals surface area contributed by atoms with E-state index in [1.165, 1.54) is 32.1 Å². The minimum absolute atomic E-state index is 0.375. The van der Waals surface area contributed by atoms with Crippen LogP contribution in [0.5, 0.6) is 0 Å². The molecule has 0 heterocycles. The lowest BCUT2D eigenvalue weighted by Gasteiger charge is -2.22. The summed E-state index contributed by atoms with van der Waals surface area (Å²) in [7, 11) is 0. The molecule has 0 aromatic heterocycles. The van der Waals surface area contributed by atoms with Crippen LogP contribution in [0.25, 0.3) is 0 Å². The van der Waals surface area contributed by atoms with E-state index in [4.69, 9.17) is 0 Å². The highest BCUT2D eigenvalue weighted by Crippen LogP contribution is 2.22. The minimum atomic E-state index is -0.375. The molecule has 0 aliphatic heterocycles. The Labute approximate surface area is 104 Å². The van der Waals surface area contributed by atoms with Crippen LogP contribution < -0.4 is 5.32 Å². The minimum Gasteiger partial charge on any atom is -0.387 e. The summed E-state index contributed by atoms with van der Waals surface area (Å²) in [6, 6.07) is 9.88. The van der Waals surface area contributed by atoms with E-state index in [1.807, 2.05) is 30.3 Å². The first-order valence-corrected chi connectivity index (χ1v) is 6.80. The van der Waals surface area contributed by atoms with Crippen LogP contribution in [0.1, 0.15) is 43.8 Å². The molecule has 0 unspecified atom stereocenters. The summed E-state index contributed by atoms with van der Waals surface area (Å²) < 4.78 is 0. The smallest absolute Gasteiger partial charge is 0.0914 e. The highest BCUT2D eigenvalue weighted by Gasteiger charge is 2.13. The van der Waals surface area contributed by atoms with Gasteiger partial charge in [0.2, 0.25) is 0 Å². The number of hydrogen-bond donors (Lipinski definition) is 2. The molecule has 0 radical (unpaired) electrons. The number of aliphatic hydroxyl groups excluding tert-OH is 1. The molecule has 1 aromatic carbocycles. The summed E-state index contributed by atoms with van der Waals surface area (Å²) in [5.41, 5.74) is 1.00. The topological polar surface area (TPSA) is 32.3 Å². The highest BCUT2D eigenvalue weighted by atomic mass is 16.3. The Balaban J connectivity index is 1.67. The molecule has 2 rings (SSSR count). The molecular weight excluding hydrogens is 210 g/mol. The molecule has 2 heteroatoms. The van der Waals surface area contributed by atoms with Gasteiger partial charge in [0.1, 0.15) is 0 Å². The van der Waals surface area contributed by atoms with Gasteiger partial charge in [0.05, 0.1) is 6.10 Å². The number of nitrogens with one attached hydrogen (secondary N) is 1. The van der Waals surface area contributed by atoms with Crippen LogP contribution in [-0.4, -0.2) is 18.2 Å². The van der Waals surface area contributed by atoms with Crippen molar-refractivity contribution in [1.82, 2.24) is 5.32 Å². The summed E-state index contributed by atoms with van der Waals surface area (Å²) >= 11 is 0. The van der Waals surface area contributed by atoms with Gasteiger partial charge in [-0.15, -0.1) is 0 Å². The second kappa shape index (κ2) is 6.77. The summed E-state index contributed by atoms with van der Waals surface area (Å²) in [6.07, 6.45) is 6.51. The lowest BCUT2D eigenvalue weighted by Crippen LogP contribution is -2.28. The maximum absolute atomic E-state index is 9.99. The molecule has 1 aliphatic rings. The van der Waals surface area contributed by atoms with Crippen LogP contribution in [0, 0.1) is 5.92 Å². The Hall–Kier alpha value is -0.860. The van der Waals surface area contributed by atoms with E-state index in [0.29, 0.717) is 6.54 Å². The molecule has 0 saturated heterocycles. The molecule has 2 N–H and O–H groups in total. The van der Waals surface area contributed by atoms with E-state index in [2.05, 4.69) is 5.32 Å². The normalized spacial score (nSPS) is 19.1. The summed E-state index contributed by atoms with van der Waals surface area (Å²) in [6.45, 7) is 1.73. The maximum Gasteiger partial charge on any atom is 0.0914 e. The number of aliphatic hydroxyl groups is 1. The molecule has 1 aliphatic carbocycles. The fourth-order valence-corrected chi connectivity index (χ4v) is 2.61. The molecule has 17 heavy (non-hydrogen) atoms. The fraction of sp³-hybridized carbons (Fsp3) is 0.600. The second-order valence-electron chi connectivity index (χ2n) is 5.09. The average Bonchev–Trinajstić information content (AvgIpc) is 2.41. The third-order valence-corrected chi connectivity index (χ3v) is 3.68. The predicted molar refractivity (Wildman–Crippen MR) is 70.8 cm³/mol. The Morgan fingerprint density at radius 2 is 1.82 bits per heavy atom. The van der Waals surface area contributed by atoms with Crippen molar-refractivity contribution in [3.8, 4) is 0 Å². The molecule has 0 bridgehead atoms. The Bertz CT molecular complexity index is 306. The Morgan fingerprint density at radius 1 is 1.12 bits per heavy atom. The lowest BCUT2D eigenvalue weighted by molar-refractivity contribution is 0.171. The zero-order valence-corrected chi connectivity index (χ0v) is 10.4. The average molecular weight is 233 g/mol. The SMILES string of the molecule is O[C@H](CNCC1CCCCC1)c1ccccc1. The van der Waals surface area contributed by atoms with Gasteiger partial charge < -0.3 is 10.4 Å². The molecule has 0 spiro atoms. The van der Waals surface area contributed by atoms with Gasteiger partial charge in [0.15, 0.2) is 0 Å².